The third kappa shape index (κ3) is 2.61. The molecule has 94 valence electrons. The minimum atomic E-state index is 0.375. The molecule has 0 aliphatic heterocycles. The van der Waals surface area contributed by atoms with Crippen molar-refractivity contribution in [1.82, 2.24) is 20.0 Å². The molecular weight excluding hydrogens is 228 g/mol. The number of hydrogen-bond acceptors (Lipinski definition) is 4. The Hall–Kier alpha value is -2.04. The number of pyridine rings is 1. The highest BCUT2D eigenvalue weighted by Gasteiger charge is 2.13. The van der Waals surface area contributed by atoms with E-state index in [1.807, 2.05) is 12.1 Å². The predicted octanol–water partition coefficient (Wildman–Crippen LogP) is 2.34. The van der Waals surface area contributed by atoms with E-state index in [0.717, 1.165) is 43.4 Å². The smallest absolute Gasteiger partial charge is 0.172 e. The van der Waals surface area contributed by atoms with Gasteiger partial charge in [-0.15, -0.1) is 5.10 Å². The molecule has 2 heterocycles. The molecule has 2 aromatic rings. The second-order valence-corrected chi connectivity index (χ2v) is 4.11. The summed E-state index contributed by atoms with van der Waals surface area (Å²) in [4.78, 5) is 15.1. The summed E-state index contributed by atoms with van der Waals surface area (Å²) in [7, 11) is 0. The number of carbonyl (C=O) groups excluding carboxylic acids is 1. The molecule has 0 fully saturated rings. The maximum atomic E-state index is 11.0. The number of aldehydes is 1. The SMILES string of the molecule is CCCCCn1nnc(C=O)c1-c1cccnc1. The van der Waals surface area contributed by atoms with Gasteiger partial charge in [0.05, 0.1) is 0 Å². The zero-order valence-corrected chi connectivity index (χ0v) is 10.4. The van der Waals surface area contributed by atoms with E-state index in [1.165, 1.54) is 0 Å². The van der Waals surface area contributed by atoms with E-state index < -0.39 is 0 Å². The lowest BCUT2D eigenvalue weighted by Crippen LogP contribution is -2.03. The van der Waals surface area contributed by atoms with Crippen LogP contribution >= 0.6 is 0 Å². The number of aromatic nitrogens is 4. The van der Waals surface area contributed by atoms with Crippen molar-refractivity contribution < 1.29 is 4.79 Å². The van der Waals surface area contributed by atoms with Crippen molar-refractivity contribution in [3.05, 3.63) is 30.2 Å². The Balaban J connectivity index is 2.31. The van der Waals surface area contributed by atoms with Gasteiger partial charge in [0, 0.05) is 24.5 Å². The Kier molecular flexibility index (Phi) is 4.17. The van der Waals surface area contributed by atoms with Crippen molar-refractivity contribution in [3.8, 4) is 11.3 Å². The van der Waals surface area contributed by atoms with E-state index in [2.05, 4.69) is 22.2 Å². The number of nitrogens with zero attached hydrogens (tertiary/aromatic N) is 4. The summed E-state index contributed by atoms with van der Waals surface area (Å²) >= 11 is 0. The van der Waals surface area contributed by atoms with Gasteiger partial charge in [0.15, 0.2) is 12.0 Å². The maximum Gasteiger partial charge on any atom is 0.172 e. The van der Waals surface area contributed by atoms with Crippen LogP contribution in [-0.4, -0.2) is 26.3 Å². The molecule has 0 aromatic carbocycles. The quantitative estimate of drug-likeness (QED) is 0.578. The largest absolute Gasteiger partial charge is 0.296 e. The first-order valence-corrected chi connectivity index (χ1v) is 6.16. The van der Waals surface area contributed by atoms with Crippen molar-refractivity contribution >= 4 is 6.29 Å². The van der Waals surface area contributed by atoms with Gasteiger partial charge >= 0.3 is 0 Å². The molecule has 0 atom stereocenters. The van der Waals surface area contributed by atoms with Crippen LogP contribution in [0.15, 0.2) is 24.5 Å². The molecule has 0 radical (unpaired) electrons. The highest BCUT2D eigenvalue weighted by atomic mass is 16.1. The number of hydrogen-bond donors (Lipinski definition) is 0. The van der Waals surface area contributed by atoms with E-state index in [1.54, 1.807) is 17.1 Å². The average molecular weight is 244 g/mol. The van der Waals surface area contributed by atoms with Crippen LogP contribution in [0.25, 0.3) is 11.3 Å². The normalized spacial score (nSPS) is 10.5. The van der Waals surface area contributed by atoms with Crippen LogP contribution in [0.2, 0.25) is 0 Å². The molecule has 2 aromatic heterocycles. The third-order valence-electron chi connectivity index (χ3n) is 2.78. The molecular formula is C13H16N4O. The second-order valence-electron chi connectivity index (χ2n) is 4.11. The summed E-state index contributed by atoms with van der Waals surface area (Å²) in [5, 5.41) is 7.95. The summed E-state index contributed by atoms with van der Waals surface area (Å²) in [6.07, 6.45) is 7.49. The minimum Gasteiger partial charge on any atom is -0.296 e. The topological polar surface area (TPSA) is 60.7 Å². The van der Waals surface area contributed by atoms with Crippen LogP contribution in [0.5, 0.6) is 0 Å². The van der Waals surface area contributed by atoms with Crippen LogP contribution < -0.4 is 0 Å². The van der Waals surface area contributed by atoms with Gasteiger partial charge in [-0.05, 0) is 18.6 Å². The summed E-state index contributed by atoms with van der Waals surface area (Å²) in [6.45, 7) is 2.93. The lowest BCUT2D eigenvalue weighted by Gasteiger charge is -2.06. The molecule has 0 aliphatic carbocycles. The lowest BCUT2D eigenvalue weighted by atomic mass is 10.1. The van der Waals surface area contributed by atoms with Crippen LogP contribution in [0, 0.1) is 0 Å². The van der Waals surface area contributed by atoms with Crippen molar-refractivity contribution in [2.24, 2.45) is 0 Å². The molecule has 0 unspecified atom stereocenters. The first kappa shape index (κ1) is 12.4. The monoisotopic (exact) mass is 244 g/mol. The number of unbranched alkanes of at least 4 members (excludes halogenated alkanes) is 2. The molecule has 0 saturated carbocycles. The molecule has 0 spiro atoms. The number of rotatable bonds is 6. The summed E-state index contributed by atoms with van der Waals surface area (Å²) < 4.78 is 1.79. The zero-order valence-electron chi connectivity index (χ0n) is 10.4. The predicted molar refractivity (Wildman–Crippen MR) is 68.2 cm³/mol. The van der Waals surface area contributed by atoms with Gasteiger partial charge in [0.25, 0.3) is 0 Å². The van der Waals surface area contributed by atoms with Crippen molar-refractivity contribution in [3.63, 3.8) is 0 Å². The molecule has 2 rings (SSSR count). The van der Waals surface area contributed by atoms with Crippen molar-refractivity contribution in [2.45, 2.75) is 32.7 Å². The molecule has 0 N–H and O–H groups in total. The highest BCUT2D eigenvalue weighted by molar-refractivity contribution is 5.82. The van der Waals surface area contributed by atoms with Gasteiger partial charge in [-0.2, -0.15) is 0 Å². The first-order valence-electron chi connectivity index (χ1n) is 6.16. The average Bonchev–Trinajstić information content (AvgIpc) is 2.83. The fourth-order valence-corrected chi connectivity index (χ4v) is 1.87. The van der Waals surface area contributed by atoms with Gasteiger partial charge in [-0.25, -0.2) is 4.68 Å². The molecule has 5 nitrogen and oxygen atoms in total. The summed E-state index contributed by atoms with van der Waals surface area (Å²) in [5.74, 6) is 0. The summed E-state index contributed by atoms with van der Waals surface area (Å²) in [6, 6.07) is 3.75. The van der Waals surface area contributed by atoms with Crippen LogP contribution in [0.1, 0.15) is 36.7 Å². The second kappa shape index (κ2) is 6.05. The Labute approximate surface area is 106 Å². The molecule has 5 heteroatoms. The van der Waals surface area contributed by atoms with Gasteiger partial charge in [0.1, 0.15) is 5.69 Å². The number of carbonyl (C=O) groups is 1. The first-order chi connectivity index (χ1) is 8.86. The van der Waals surface area contributed by atoms with Crippen molar-refractivity contribution in [1.29, 1.82) is 0 Å². The molecule has 0 aliphatic rings. The highest BCUT2D eigenvalue weighted by Crippen LogP contribution is 2.20. The van der Waals surface area contributed by atoms with E-state index in [-0.39, 0.29) is 0 Å². The zero-order chi connectivity index (χ0) is 12.8. The van der Waals surface area contributed by atoms with Gasteiger partial charge in [0.2, 0.25) is 0 Å². The third-order valence-corrected chi connectivity index (χ3v) is 2.78. The van der Waals surface area contributed by atoms with Crippen LogP contribution in [0.4, 0.5) is 0 Å². The van der Waals surface area contributed by atoms with Crippen molar-refractivity contribution in [2.75, 3.05) is 0 Å². The minimum absolute atomic E-state index is 0.375. The summed E-state index contributed by atoms with van der Waals surface area (Å²) in [5.41, 5.74) is 2.01. The van der Waals surface area contributed by atoms with E-state index in [4.69, 9.17) is 0 Å². The maximum absolute atomic E-state index is 11.0. The number of aryl methyl sites for hydroxylation is 1. The Morgan fingerprint density at radius 1 is 1.39 bits per heavy atom. The Bertz CT molecular complexity index is 507. The molecule has 18 heavy (non-hydrogen) atoms. The van der Waals surface area contributed by atoms with E-state index in [0.29, 0.717) is 5.69 Å². The van der Waals surface area contributed by atoms with Gasteiger partial charge in [-0.3, -0.25) is 9.78 Å². The fraction of sp³-hybridized carbons (Fsp3) is 0.385. The lowest BCUT2D eigenvalue weighted by molar-refractivity contribution is 0.111. The molecule has 0 bridgehead atoms. The standard InChI is InChI=1S/C13H16N4O/c1-2-3-4-8-17-13(12(10-18)15-16-17)11-6-5-7-14-9-11/h5-7,9-10H,2-4,8H2,1H3. The molecule has 0 saturated heterocycles. The molecule has 0 amide bonds. The van der Waals surface area contributed by atoms with E-state index in [9.17, 15) is 4.79 Å². The van der Waals surface area contributed by atoms with Gasteiger partial charge < -0.3 is 0 Å². The fourth-order valence-electron chi connectivity index (χ4n) is 1.87. The Morgan fingerprint density at radius 2 is 2.28 bits per heavy atom. The van der Waals surface area contributed by atoms with Gasteiger partial charge in [-0.1, -0.05) is 25.0 Å². The van der Waals surface area contributed by atoms with Crippen LogP contribution in [-0.2, 0) is 6.54 Å². The van der Waals surface area contributed by atoms with E-state index >= 15 is 0 Å². The Morgan fingerprint density at radius 3 is 2.94 bits per heavy atom. The van der Waals surface area contributed by atoms with Crippen LogP contribution in [0.3, 0.4) is 0 Å².